The number of nitrogens with zero attached hydrogens (tertiary/aromatic N) is 1. The van der Waals surface area contributed by atoms with Gasteiger partial charge in [-0.1, -0.05) is 32.1 Å². The van der Waals surface area contributed by atoms with Crippen molar-refractivity contribution >= 4 is 17.8 Å². The molecule has 1 N–H and O–H groups in total. The maximum absolute atomic E-state index is 12.8. The molecule has 6 nitrogen and oxygen atoms in total. The van der Waals surface area contributed by atoms with E-state index in [0.717, 1.165) is 0 Å². The molecule has 2 aliphatic heterocycles. The van der Waals surface area contributed by atoms with Gasteiger partial charge in [0.2, 0.25) is 11.8 Å². The van der Waals surface area contributed by atoms with Gasteiger partial charge in [0, 0.05) is 13.0 Å². The zero-order chi connectivity index (χ0) is 16.4. The molecule has 3 atom stereocenters. The van der Waals surface area contributed by atoms with Gasteiger partial charge in [-0.15, -0.1) is 0 Å². The van der Waals surface area contributed by atoms with E-state index in [1.807, 2.05) is 0 Å². The number of rotatable bonds is 3. The first-order chi connectivity index (χ1) is 11.1. The lowest BCUT2D eigenvalue weighted by atomic mass is 9.79. The predicted molar refractivity (Wildman–Crippen MR) is 83.4 cm³/mol. The van der Waals surface area contributed by atoms with Crippen LogP contribution in [0.5, 0.6) is 0 Å². The Morgan fingerprint density at radius 1 is 1.13 bits per heavy atom. The molecule has 6 heteroatoms. The van der Waals surface area contributed by atoms with Gasteiger partial charge in [0.05, 0.1) is 7.11 Å². The Labute approximate surface area is 136 Å². The Balaban J connectivity index is 1.71. The Morgan fingerprint density at radius 2 is 1.87 bits per heavy atom. The summed E-state index contributed by atoms with van der Waals surface area (Å²) in [6.07, 6.45) is 7.79. The summed E-state index contributed by atoms with van der Waals surface area (Å²) in [5.74, 6) is 0.443. The molecule has 2 amide bonds. The van der Waals surface area contributed by atoms with Crippen molar-refractivity contribution in [1.82, 2.24) is 10.2 Å². The van der Waals surface area contributed by atoms with Crippen LogP contribution in [0.1, 0.15) is 51.4 Å². The van der Waals surface area contributed by atoms with Gasteiger partial charge in [0.15, 0.2) is 0 Å². The van der Waals surface area contributed by atoms with Gasteiger partial charge in [-0.2, -0.15) is 0 Å². The van der Waals surface area contributed by atoms with E-state index < -0.39 is 12.1 Å². The van der Waals surface area contributed by atoms with Crippen LogP contribution >= 0.6 is 0 Å². The van der Waals surface area contributed by atoms with Crippen molar-refractivity contribution in [2.45, 2.75) is 63.5 Å². The van der Waals surface area contributed by atoms with Gasteiger partial charge in [0.25, 0.3) is 0 Å². The summed E-state index contributed by atoms with van der Waals surface area (Å²) in [7, 11) is 1.37. The third-order valence-corrected chi connectivity index (χ3v) is 5.70. The van der Waals surface area contributed by atoms with Crippen molar-refractivity contribution in [1.29, 1.82) is 0 Å². The molecule has 3 rings (SSSR count). The highest BCUT2D eigenvalue weighted by atomic mass is 16.5. The fraction of sp³-hybridized carbons (Fsp3) is 0.824. The van der Waals surface area contributed by atoms with Crippen molar-refractivity contribution in [3.05, 3.63) is 0 Å². The van der Waals surface area contributed by atoms with E-state index in [1.54, 1.807) is 4.90 Å². The lowest BCUT2D eigenvalue weighted by Crippen LogP contribution is -2.49. The summed E-state index contributed by atoms with van der Waals surface area (Å²) < 4.78 is 4.91. The van der Waals surface area contributed by atoms with Crippen molar-refractivity contribution in [2.24, 2.45) is 11.8 Å². The Hall–Kier alpha value is -1.59. The fourth-order valence-electron chi connectivity index (χ4n) is 4.42. The van der Waals surface area contributed by atoms with Crippen LogP contribution in [0.25, 0.3) is 0 Å². The third kappa shape index (κ3) is 3.35. The molecule has 0 spiro atoms. The maximum atomic E-state index is 12.8. The van der Waals surface area contributed by atoms with Gasteiger partial charge in [-0.25, -0.2) is 4.79 Å². The highest BCUT2D eigenvalue weighted by Crippen LogP contribution is 2.38. The summed E-state index contributed by atoms with van der Waals surface area (Å²) in [6, 6.07) is -0.961. The van der Waals surface area contributed by atoms with Crippen LogP contribution in [0.4, 0.5) is 0 Å². The van der Waals surface area contributed by atoms with Gasteiger partial charge >= 0.3 is 5.97 Å². The van der Waals surface area contributed by atoms with E-state index in [-0.39, 0.29) is 17.8 Å². The summed E-state index contributed by atoms with van der Waals surface area (Å²) in [6.45, 7) is 0.621. The van der Waals surface area contributed by atoms with Gasteiger partial charge in [0.1, 0.15) is 12.1 Å². The number of hydrogen-bond donors (Lipinski definition) is 1. The second kappa shape index (κ2) is 6.89. The van der Waals surface area contributed by atoms with E-state index in [0.29, 0.717) is 37.6 Å². The standard InChI is InChI=1S/C17H26N2O4/c1-23-17(22)14-9-12(11-5-3-2-4-6-11)10-19(14)16(21)13-7-8-15(20)18-13/h11-14H,2-10H2,1H3,(H,18,20)/t12-,13-,14-/m0/s1. The molecular weight excluding hydrogens is 296 g/mol. The van der Waals surface area contributed by atoms with Crippen molar-refractivity contribution < 1.29 is 19.1 Å². The van der Waals surface area contributed by atoms with E-state index in [2.05, 4.69) is 5.32 Å². The van der Waals surface area contributed by atoms with Crippen LogP contribution in [0, 0.1) is 11.8 Å². The predicted octanol–water partition coefficient (Wildman–Crippen LogP) is 1.24. The number of carbonyl (C=O) groups is 3. The van der Waals surface area contributed by atoms with Crippen LogP contribution < -0.4 is 5.32 Å². The molecule has 1 saturated carbocycles. The fourth-order valence-corrected chi connectivity index (χ4v) is 4.42. The average Bonchev–Trinajstić information content (AvgIpc) is 3.21. The van der Waals surface area contributed by atoms with E-state index in [1.165, 1.54) is 39.2 Å². The number of methoxy groups -OCH3 is 1. The lowest BCUT2D eigenvalue weighted by Gasteiger charge is -2.28. The number of hydrogen-bond acceptors (Lipinski definition) is 4. The average molecular weight is 322 g/mol. The van der Waals surface area contributed by atoms with Crippen LogP contribution in [0.2, 0.25) is 0 Å². The normalized spacial score (nSPS) is 32.0. The number of nitrogens with one attached hydrogen (secondary N) is 1. The molecule has 2 saturated heterocycles. The summed E-state index contributed by atoms with van der Waals surface area (Å²) in [4.78, 5) is 37.9. The molecule has 0 bridgehead atoms. The molecule has 0 unspecified atom stereocenters. The minimum absolute atomic E-state index is 0.0824. The number of ether oxygens (including phenoxy) is 1. The molecular formula is C17H26N2O4. The molecule has 128 valence electrons. The van der Waals surface area contributed by atoms with Gasteiger partial charge in [-0.3, -0.25) is 9.59 Å². The highest BCUT2D eigenvalue weighted by molar-refractivity contribution is 5.93. The lowest BCUT2D eigenvalue weighted by molar-refractivity contribution is -0.151. The zero-order valence-corrected chi connectivity index (χ0v) is 13.8. The molecule has 3 fully saturated rings. The second-order valence-electron chi connectivity index (χ2n) is 7.08. The number of amides is 2. The molecule has 1 aliphatic carbocycles. The minimum atomic E-state index is -0.489. The second-order valence-corrected chi connectivity index (χ2v) is 7.08. The van der Waals surface area contributed by atoms with E-state index in [9.17, 15) is 14.4 Å². The monoisotopic (exact) mass is 322 g/mol. The van der Waals surface area contributed by atoms with Crippen molar-refractivity contribution in [2.75, 3.05) is 13.7 Å². The Kier molecular flexibility index (Phi) is 4.87. The quantitative estimate of drug-likeness (QED) is 0.793. The van der Waals surface area contributed by atoms with Crippen LogP contribution in [0.15, 0.2) is 0 Å². The number of esters is 1. The third-order valence-electron chi connectivity index (χ3n) is 5.70. The molecule has 2 heterocycles. The highest BCUT2D eigenvalue weighted by Gasteiger charge is 2.45. The minimum Gasteiger partial charge on any atom is -0.467 e. The molecule has 0 aromatic rings. The SMILES string of the molecule is COC(=O)[C@@H]1C[C@H](C2CCCCC2)CN1C(=O)[C@@H]1CCC(=O)N1. The first-order valence-corrected chi connectivity index (χ1v) is 8.78. The first-order valence-electron chi connectivity index (χ1n) is 8.78. The summed E-state index contributed by atoms with van der Waals surface area (Å²) in [5, 5.41) is 2.72. The largest absolute Gasteiger partial charge is 0.467 e. The van der Waals surface area contributed by atoms with Crippen molar-refractivity contribution in [3.8, 4) is 0 Å². The smallest absolute Gasteiger partial charge is 0.328 e. The molecule has 0 aromatic heterocycles. The zero-order valence-electron chi connectivity index (χ0n) is 13.8. The molecule has 23 heavy (non-hydrogen) atoms. The summed E-state index contributed by atoms with van der Waals surface area (Å²) in [5.41, 5.74) is 0. The number of carbonyl (C=O) groups excluding carboxylic acids is 3. The van der Waals surface area contributed by atoms with Crippen LogP contribution in [-0.2, 0) is 19.1 Å². The maximum Gasteiger partial charge on any atom is 0.328 e. The Morgan fingerprint density at radius 3 is 2.48 bits per heavy atom. The molecule has 0 aromatic carbocycles. The first kappa shape index (κ1) is 16.3. The number of likely N-dealkylation sites (tertiary alicyclic amines) is 1. The van der Waals surface area contributed by atoms with Crippen molar-refractivity contribution in [3.63, 3.8) is 0 Å². The molecule has 3 aliphatic rings. The van der Waals surface area contributed by atoms with Gasteiger partial charge in [-0.05, 0) is 24.7 Å². The Bertz CT molecular complexity index is 487. The topological polar surface area (TPSA) is 75.7 Å². The van der Waals surface area contributed by atoms with E-state index in [4.69, 9.17) is 4.74 Å². The summed E-state index contributed by atoms with van der Waals surface area (Å²) >= 11 is 0. The van der Waals surface area contributed by atoms with Crippen LogP contribution in [-0.4, -0.2) is 48.4 Å². The molecule has 0 radical (unpaired) electrons. The van der Waals surface area contributed by atoms with Crippen LogP contribution in [0.3, 0.4) is 0 Å². The van der Waals surface area contributed by atoms with Gasteiger partial charge < -0.3 is 15.0 Å². The van der Waals surface area contributed by atoms with E-state index >= 15 is 0 Å².